The van der Waals surface area contributed by atoms with E-state index in [1.807, 2.05) is 60.7 Å². The van der Waals surface area contributed by atoms with E-state index >= 15 is 0 Å². The van der Waals surface area contributed by atoms with Crippen LogP contribution in [0, 0.1) is 0 Å². The second-order valence-electron chi connectivity index (χ2n) is 5.92. The number of carbonyl (C=O) groups excluding carboxylic acids is 1. The summed E-state index contributed by atoms with van der Waals surface area (Å²) in [6.45, 7) is 0. The van der Waals surface area contributed by atoms with Crippen molar-refractivity contribution in [2.45, 2.75) is 0 Å². The molecule has 28 heavy (non-hydrogen) atoms. The van der Waals surface area contributed by atoms with Crippen LogP contribution in [0.5, 0.6) is 5.88 Å². The van der Waals surface area contributed by atoms with Gasteiger partial charge in [0.25, 0.3) is 5.56 Å². The van der Waals surface area contributed by atoms with Crippen molar-refractivity contribution in [2.75, 3.05) is 0 Å². The van der Waals surface area contributed by atoms with E-state index in [0.717, 1.165) is 5.56 Å². The number of hydrogen-bond acceptors (Lipinski definition) is 5. The zero-order valence-corrected chi connectivity index (χ0v) is 14.7. The molecule has 0 bridgehead atoms. The maximum Gasteiger partial charge on any atom is 0.346 e. The van der Waals surface area contributed by atoms with Crippen LogP contribution in [0.1, 0.15) is 10.4 Å². The van der Waals surface area contributed by atoms with Gasteiger partial charge in [0.15, 0.2) is 5.82 Å². The van der Waals surface area contributed by atoms with E-state index in [-0.39, 0.29) is 17.0 Å². The third kappa shape index (κ3) is 3.57. The van der Waals surface area contributed by atoms with Crippen LogP contribution >= 0.6 is 0 Å². The Hall–Kier alpha value is -4.06. The number of aromatic nitrogens is 3. The molecule has 0 aliphatic rings. The summed E-state index contributed by atoms with van der Waals surface area (Å²) in [5.41, 5.74) is 1.32. The van der Waals surface area contributed by atoms with Crippen LogP contribution in [0.2, 0.25) is 0 Å². The van der Waals surface area contributed by atoms with Gasteiger partial charge in [-0.3, -0.25) is 14.3 Å². The molecule has 0 fully saturated rings. The number of pyridine rings is 1. The number of benzene rings is 2. The van der Waals surface area contributed by atoms with Gasteiger partial charge in [0, 0.05) is 18.0 Å². The molecule has 0 atom stereocenters. The third-order valence-electron chi connectivity index (χ3n) is 4.04. The van der Waals surface area contributed by atoms with Crippen LogP contribution in [-0.4, -0.2) is 20.5 Å². The summed E-state index contributed by atoms with van der Waals surface area (Å²) in [7, 11) is 0. The highest BCUT2D eigenvalue weighted by atomic mass is 16.5. The van der Waals surface area contributed by atoms with Crippen molar-refractivity contribution < 1.29 is 9.53 Å². The molecule has 4 aromatic rings. The predicted molar refractivity (Wildman–Crippen MR) is 104 cm³/mol. The van der Waals surface area contributed by atoms with E-state index in [2.05, 4.69) is 9.97 Å². The molecule has 0 unspecified atom stereocenters. The molecule has 2 aromatic carbocycles. The Bertz CT molecular complexity index is 1160. The third-order valence-corrected chi connectivity index (χ3v) is 4.04. The van der Waals surface area contributed by atoms with Crippen molar-refractivity contribution in [3.63, 3.8) is 0 Å². The lowest BCUT2D eigenvalue weighted by Gasteiger charge is -2.13. The van der Waals surface area contributed by atoms with E-state index in [1.165, 1.54) is 16.8 Å². The van der Waals surface area contributed by atoms with Gasteiger partial charge in [0.2, 0.25) is 5.88 Å². The molecule has 2 heterocycles. The molecule has 4 rings (SSSR count). The van der Waals surface area contributed by atoms with Crippen LogP contribution in [-0.2, 0) is 0 Å². The molecule has 0 amide bonds. The summed E-state index contributed by atoms with van der Waals surface area (Å²) < 4.78 is 6.81. The highest BCUT2D eigenvalue weighted by Crippen LogP contribution is 2.21. The highest BCUT2D eigenvalue weighted by Gasteiger charge is 2.16. The minimum Gasteiger partial charge on any atom is -0.404 e. The summed E-state index contributed by atoms with van der Waals surface area (Å²) in [6.07, 6.45) is 2.95. The summed E-state index contributed by atoms with van der Waals surface area (Å²) in [6, 6.07) is 22.9. The van der Waals surface area contributed by atoms with Crippen molar-refractivity contribution in [1.29, 1.82) is 0 Å². The topological polar surface area (TPSA) is 74.1 Å². The summed E-state index contributed by atoms with van der Waals surface area (Å²) in [4.78, 5) is 33.5. The lowest BCUT2D eigenvalue weighted by atomic mass is 10.2. The fraction of sp³-hybridized carbons (Fsp3) is 0. The number of hydrogen-bond donors (Lipinski definition) is 0. The molecule has 0 spiro atoms. The van der Waals surface area contributed by atoms with Gasteiger partial charge in [-0.05, 0) is 24.3 Å². The number of nitrogens with zero attached hydrogens (tertiary/aromatic N) is 3. The summed E-state index contributed by atoms with van der Waals surface area (Å²) in [5.74, 6) is -0.311. The number of esters is 1. The first-order valence-electron chi connectivity index (χ1n) is 8.59. The van der Waals surface area contributed by atoms with Crippen LogP contribution in [0.15, 0.2) is 96.1 Å². The molecular formula is C22H15N3O3. The zero-order chi connectivity index (χ0) is 19.3. The lowest BCUT2D eigenvalue weighted by molar-refractivity contribution is 0.0727. The van der Waals surface area contributed by atoms with Crippen LogP contribution in [0.25, 0.3) is 17.1 Å². The Morgan fingerprint density at radius 2 is 1.61 bits per heavy atom. The van der Waals surface area contributed by atoms with Crippen molar-refractivity contribution >= 4 is 5.97 Å². The number of para-hydroxylation sites is 1. The maximum absolute atomic E-state index is 12.9. The van der Waals surface area contributed by atoms with Gasteiger partial charge in [0.05, 0.1) is 17.3 Å². The first-order valence-corrected chi connectivity index (χ1v) is 8.59. The molecular weight excluding hydrogens is 354 g/mol. The molecule has 0 N–H and O–H groups in total. The van der Waals surface area contributed by atoms with Crippen molar-refractivity contribution in [3.05, 3.63) is 107 Å². The minimum atomic E-state index is -0.628. The lowest BCUT2D eigenvalue weighted by Crippen LogP contribution is -2.22. The second kappa shape index (κ2) is 7.67. The van der Waals surface area contributed by atoms with E-state index in [4.69, 9.17) is 4.74 Å². The monoisotopic (exact) mass is 369 g/mol. The minimum absolute atomic E-state index is 0.0649. The Morgan fingerprint density at radius 1 is 0.893 bits per heavy atom. The summed E-state index contributed by atoms with van der Waals surface area (Å²) in [5, 5.41) is 0. The second-order valence-corrected chi connectivity index (χ2v) is 5.92. The van der Waals surface area contributed by atoms with Crippen LogP contribution in [0.4, 0.5) is 0 Å². The largest absolute Gasteiger partial charge is 0.404 e. The Balaban J connectivity index is 1.82. The van der Waals surface area contributed by atoms with Gasteiger partial charge in [-0.1, -0.05) is 48.5 Å². The molecule has 6 nitrogen and oxygen atoms in total. The van der Waals surface area contributed by atoms with E-state index < -0.39 is 5.97 Å². The Morgan fingerprint density at radius 3 is 2.29 bits per heavy atom. The smallest absolute Gasteiger partial charge is 0.346 e. The molecule has 136 valence electrons. The van der Waals surface area contributed by atoms with Gasteiger partial charge in [-0.25, -0.2) is 4.79 Å². The first-order chi connectivity index (χ1) is 13.7. The molecule has 2 aromatic heterocycles. The highest BCUT2D eigenvalue weighted by molar-refractivity contribution is 5.90. The Labute approximate surface area is 160 Å². The van der Waals surface area contributed by atoms with Crippen molar-refractivity contribution in [1.82, 2.24) is 14.5 Å². The normalized spacial score (nSPS) is 10.4. The quantitative estimate of drug-likeness (QED) is 0.515. The number of ether oxygens (including phenoxy) is 1. The van der Waals surface area contributed by atoms with Gasteiger partial charge < -0.3 is 4.74 Å². The van der Waals surface area contributed by atoms with Gasteiger partial charge in [-0.15, -0.1) is 0 Å². The zero-order valence-electron chi connectivity index (χ0n) is 14.7. The van der Waals surface area contributed by atoms with Gasteiger partial charge in [0.1, 0.15) is 0 Å². The average Bonchev–Trinajstić information content (AvgIpc) is 2.75. The van der Waals surface area contributed by atoms with E-state index in [0.29, 0.717) is 11.5 Å². The molecule has 0 radical (unpaired) electrons. The summed E-state index contributed by atoms with van der Waals surface area (Å²) >= 11 is 0. The average molecular weight is 369 g/mol. The number of rotatable bonds is 4. The van der Waals surface area contributed by atoms with Gasteiger partial charge in [-0.2, -0.15) is 4.98 Å². The fourth-order valence-electron chi connectivity index (χ4n) is 2.76. The van der Waals surface area contributed by atoms with Crippen molar-refractivity contribution in [2.24, 2.45) is 0 Å². The molecule has 0 saturated carbocycles. The molecule has 0 saturated heterocycles. The SMILES string of the molecule is O=C(Oc1cc(=O)n(-c2ccccc2)c(-c2ccccc2)n1)c1cccnc1. The standard InChI is InChI=1S/C22H15N3O3/c26-20-14-19(28-22(27)17-10-7-13-23-15-17)24-21(16-8-3-1-4-9-16)25(20)18-11-5-2-6-12-18/h1-15H. The van der Waals surface area contributed by atoms with E-state index in [1.54, 1.807) is 18.3 Å². The number of carbonyl (C=O) groups is 1. The van der Waals surface area contributed by atoms with Crippen molar-refractivity contribution in [3.8, 4) is 23.0 Å². The Kier molecular flexibility index (Phi) is 4.76. The van der Waals surface area contributed by atoms with Gasteiger partial charge >= 0.3 is 5.97 Å². The maximum atomic E-state index is 12.9. The predicted octanol–water partition coefficient (Wildman–Crippen LogP) is 3.51. The van der Waals surface area contributed by atoms with Crippen LogP contribution in [0.3, 0.4) is 0 Å². The van der Waals surface area contributed by atoms with E-state index in [9.17, 15) is 9.59 Å². The van der Waals surface area contributed by atoms with Crippen LogP contribution < -0.4 is 10.3 Å². The first kappa shape index (κ1) is 17.4. The molecule has 0 aliphatic carbocycles. The molecule has 0 aliphatic heterocycles. The fourth-order valence-corrected chi connectivity index (χ4v) is 2.76. The molecule has 6 heteroatoms.